The summed E-state index contributed by atoms with van der Waals surface area (Å²) in [6, 6.07) is 45.2. The molecule has 0 bridgehead atoms. The summed E-state index contributed by atoms with van der Waals surface area (Å²) < 4.78 is 148. The fourth-order valence-corrected chi connectivity index (χ4v) is 17.8. The summed E-state index contributed by atoms with van der Waals surface area (Å²) in [5, 5.41) is 0.883. The Hall–Kier alpha value is -8.68. The Kier molecular flexibility index (Phi) is 9.42. The lowest BCUT2D eigenvalue weighted by atomic mass is 9.36. The van der Waals surface area contributed by atoms with Crippen molar-refractivity contribution in [3.05, 3.63) is 277 Å². The van der Waals surface area contributed by atoms with Crippen LogP contribution in [0.25, 0.3) is 20.9 Å². The first-order valence-corrected chi connectivity index (χ1v) is 31.4. The Morgan fingerprint density at radius 3 is 1.36 bits per heavy atom. The maximum atomic E-state index is 10.3. The maximum absolute atomic E-state index is 10.3. The second kappa shape index (κ2) is 20.3. The van der Waals surface area contributed by atoms with Crippen LogP contribution in [0.5, 0.6) is 0 Å². The van der Waals surface area contributed by atoms with Gasteiger partial charge in [0.15, 0.2) is 8.07 Å². The van der Waals surface area contributed by atoms with Gasteiger partial charge in [-0.05, 0) is 143 Å². The standard InChI is InChI=1S/C78H70BN3SSi/c1-76(2,3)53-38-43-58(44-39-53)81-69-51-63(84(60-30-19-12-20-31-60,61-32-21-13-22-33-61)62-34-23-14-24-35-62)52-70-72(69)79(67-48-47-64-65(73(67)81)36-25-37-68(64)80(56-26-15-10-16-27-56)57-28-17-11-18-29-57)75-74(66-50-55(78(7,8)9)42-49-71(66)83-75)82(70)59-45-40-54(41-46-59)77(4,5)6/h10-52H,1-9H3/i12D,13D,14D,19D,20D,21D,22D,23D,24D,30D,31D,32D,33D,34D,35D. The minimum Gasteiger partial charge on any atom is -0.311 e. The highest BCUT2D eigenvalue weighted by Gasteiger charge is 2.49. The molecule has 3 nitrogen and oxygen atoms in total. The zero-order valence-corrected chi connectivity index (χ0v) is 50.3. The van der Waals surface area contributed by atoms with Crippen LogP contribution in [0.1, 0.15) is 99.6 Å². The van der Waals surface area contributed by atoms with Crippen molar-refractivity contribution < 1.29 is 20.6 Å². The van der Waals surface area contributed by atoms with Crippen molar-refractivity contribution in [3.63, 3.8) is 0 Å². The zero-order valence-electron chi connectivity index (χ0n) is 63.5. The highest BCUT2D eigenvalue weighted by molar-refractivity contribution is 7.34. The van der Waals surface area contributed by atoms with Crippen LogP contribution in [0.2, 0.25) is 0 Å². The van der Waals surface area contributed by atoms with E-state index in [0.29, 0.717) is 22.7 Å². The van der Waals surface area contributed by atoms with Gasteiger partial charge >= 0.3 is 0 Å². The van der Waals surface area contributed by atoms with E-state index in [0.717, 1.165) is 81.7 Å². The Labute approximate surface area is 523 Å². The SMILES string of the molecule is [2H]c1c([2H])c([2H])c([Si](c2cc3c4c(c2)N(c2ccc(C(C)(C)C)cc2)c2c(ccc5c(N(c6ccccc6)c6ccccc6)cccc25)B4c2sc4ccc(C(C)(C)C)cc4c2N3c2ccc(C(C)(C)C)cc2)(c2c([2H])c([2H])c([2H])c([2H])c2[2H])c2c([2H])c([2H])c([2H])c([2H])c2[2H])c([2H])c1[2H]. The molecular formula is C78H70BN3SSi. The first-order valence-electron chi connectivity index (χ1n) is 36.0. The fraction of sp³-hybridized carbons (Fsp3) is 0.154. The van der Waals surface area contributed by atoms with Crippen LogP contribution in [-0.4, -0.2) is 14.8 Å². The molecule has 12 aromatic rings. The molecule has 410 valence electrons. The van der Waals surface area contributed by atoms with Crippen molar-refractivity contribution in [1.82, 2.24) is 0 Å². The van der Waals surface area contributed by atoms with Gasteiger partial charge in [0.05, 0.1) is 31.9 Å². The van der Waals surface area contributed by atoms with E-state index in [1.54, 1.807) is 23.5 Å². The third kappa shape index (κ3) is 8.75. The van der Waals surface area contributed by atoms with Crippen LogP contribution in [0.4, 0.5) is 51.2 Å². The molecule has 14 rings (SSSR count). The van der Waals surface area contributed by atoms with Gasteiger partial charge in [0.2, 0.25) is 0 Å². The summed E-state index contributed by atoms with van der Waals surface area (Å²) in [7, 11) is -5.82. The number of para-hydroxylation sites is 2. The number of nitrogens with zero attached hydrogens (tertiary/aromatic N) is 3. The van der Waals surface area contributed by atoms with E-state index in [1.807, 2.05) is 42.5 Å². The second-order valence-electron chi connectivity index (χ2n) is 25.0. The van der Waals surface area contributed by atoms with E-state index in [4.69, 9.17) is 4.11 Å². The molecule has 0 saturated heterocycles. The molecule has 1 aromatic heterocycles. The number of thiophene rings is 1. The number of hydrogen-bond acceptors (Lipinski definition) is 4. The van der Waals surface area contributed by atoms with Gasteiger partial charge in [-0.3, -0.25) is 0 Å². The van der Waals surface area contributed by atoms with Gasteiger partial charge in [0, 0.05) is 65.4 Å². The lowest BCUT2D eigenvalue weighted by Gasteiger charge is -2.45. The average molecular weight is 1140 g/mol. The molecule has 6 heteroatoms. The van der Waals surface area contributed by atoms with Gasteiger partial charge in [0.25, 0.3) is 6.71 Å². The fourth-order valence-electron chi connectivity index (χ4n) is 12.6. The molecule has 0 aliphatic carbocycles. The number of rotatable bonds is 9. The Balaban J connectivity index is 1.27. The molecule has 84 heavy (non-hydrogen) atoms. The maximum Gasteiger partial charge on any atom is 0.264 e. The van der Waals surface area contributed by atoms with E-state index < -0.39 is 121 Å². The van der Waals surface area contributed by atoms with Crippen LogP contribution in [0, 0.1) is 0 Å². The quantitative estimate of drug-likeness (QED) is 0.105. The van der Waals surface area contributed by atoms with E-state index in [2.05, 4.69) is 192 Å². The van der Waals surface area contributed by atoms with E-state index in [9.17, 15) is 16.4 Å². The lowest BCUT2D eigenvalue weighted by Crippen LogP contribution is -2.75. The molecule has 2 aliphatic rings. The largest absolute Gasteiger partial charge is 0.311 e. The van der Waals surface area contributed by atoms with Crippen LogP contribution >= 0.6 is 11.3 Å². The molecule has 0 spiro atoms. The summed E-state index contributed by atoms with van der Waals surface area (Å²) in [6.07, 6.45) is 0. The van der Waals surface area contributed by atoms with Crippen LogP contribution in [0.15, 0.2) is 260 Å². The van der Waals surface area contributed by atoms with Crippen molar-refractivity contribution in [2.75, 3.05) is 14.7 Å². The number of fused-ring (bicyclic) bond motifs is 8. The molecular weight excluding hydrogens is 1050 g/mol. The van der Waals surface area contributed by atoms with E-state index in [-0.39, 0.29) is 21.4 Å². The molecule has 0 N–H and O–H groups in total. The van der Waals surface area contributed by atoms with Gasteiger partial charge in [-0.25, -0.2) is 0 Å². The molecule has 0 saturated carbocycles. The van der Waals surface area contributed by atoms with Gasteiger partial charge in [-0.2, -0.15) is 0 Å². The number of benzene rings is 11. The molecule has 0 amide bonds. The Bertz CT molecular complexity index is 5070. The molecule has 0 unspecified atom stereocenters. The van der Waals surface area contributed by atoms with E-state index >= 15 is 0 Å². The average Bonchev–Trinajstić information content (AvgIpc) is 1.65. The molecule has 2 aliphatic heterocycles. The summed E-state index contributed by atoms with van der Waals surface area (Å²) in [5.74, 6) is 0. The molecule has 3 heterocycles. The third-order valence-corrected chi connectivity index (χ3v) is 22.2. The van der Waals surface area contributed by atoms with Crippen molar-refractivity contribution in [3.8, 4) is 0 Å². The van der Waals surface area contributed by atoms with Crippen LogP contribution in [0.3, 0.4) is 0 Å². The predicted octanol–water partition coefficient (Wildman–Crippen LogP) is 16.9. The van der Waals surface area contributed by atoms with Crippen molar-refractivity contribution in [2.45, 2.75) is 78.6 Å². The van der Waals surface area contributed by atoms with Crippen LogP contribution in [-0.2, 0) is 16.2 Å². The smallest absolute Gasteiger partial charge is 0.264 e. The van der Waals surface area contributed by atoms with Crippen molar-refractivity contribution >= 4 is 135 Å². The van der Waals surface area contributed by atoms with Crippen molar-refractivity contribution in [1.29, 1.82) is 0 Å². The lowest BCUT2D eigenvalue weighted by molar-refractivity contribution is 0.590. The monoisotopic (exact) mass is 1130 g/mol. The normalized spacial score (nSPS) is 15.7. The Morgan fingerprint density at radius 2 is 0.881 bits per heavy atom. The van der Waals surface area contributed by atoms with Crippen LogP contribution < -0.4 is 51.1 Å². The molecule has 0 atom stereocenters. The van der Waals surface area contributed by atoms with Gasteiger partial charge in [-0.15, -0.1) is 11.3 Å². The highest BCUT2D eigenvalue weighted by Crippen LogP contribution is 2.51. The molecule has 11 aromatic carbocycles. The highest BCUT2D eigenvalue weighted by atomic mass is 32.1. The van der Waals surface area contributed by atoms with Gasteiger partial charge in [-0.1, -0.05) is 244 Å². The first kappa shape index (κ1) is 39.0. The third-order valence-electron chi connectivity index (χ3n) is 16.8. The second-order valence-corrected chi connectivity index (χ2v) is 29.7. The minimum atomic E-state index is -5.82. The number of anilines is 9. The summed E-state index contributed by atoms with van der Waals surface area (Å²) in [6.45, 7) is 18.7. The molecule has 0 fully saturated rings. The van der Waals surface area contributed by atoms with Gasteiger partial charge in [0.1, 0.15) is 0 Å². The van der Waals surface area contributed by atoms with E-state index in [1.165, 1.54) is 0 Å². The Morgan fingerprint density at radius 1 is 0.417 bits per heavy atom. The summed E-state index contributed by atoms with van der Waals surface area (Å²) in [5.41, 5.74) is 10.4. The summed E-state index contributed by atoms with van der Waals surface area (Å²) >= 11 is 1.68. The molecule has 0 radical (unpaired) electrons. The minimum absolute atomic E-state index is 0.000266. The topological polar surface area (TPSA) is 9.72 Å². The zero-order chi connectivity index (χ0) is 70.8. The first-order chi connectivity index (χ1) is 46.8. The predicted molar refractivity (Wildman–Crippen MR) is 368 cm³/mol. The van der Waals surface area contributed by atoms with Gasteiger partial charge < -0.3 is 14.7 Å². The number of hydrogen-bond donors (Lipinski definition) is 0. The summed E-state index contributed by atoms with van der Waals surface area (Å²) in [4.78, 5) is 6.58. The van der Waals surface area contributed by atoms with Crippen molar-refractivity contribution in [2.24, 2.45) is 0 Å².